The molecular weight excluding hydrogens is 496 g/mol. The number of aromatic nitrogens is 2. The molecule has 2 amide bonds. The van der Waals surface area contributed by atoms with Gasteiger partial charge in [-0.15, -0.1) is 0 Å². The summed E-state index contributed by atoms with van der Waals surface area (Å²) in [4.78, 5) is 46.1. The number of aryl methyl sites for hydroxylation is 1. The number of hydrogen-bond donors (Lipinski definition) is 4. The number of hydrogen-bond acceptors (Lipinski definition) is 6. The predicted molar refractivity (Wildman–Crippen MR) is 132 cm³/mol. The third kappa shape index (κ3) is 4.71. The fourth-order valence-electron chi connectivity index (χ4n) is 4.59. The molecule has 3 heterocycles. The number of thiazole rings is 1. The zero-order valence-corrected chi connectivity index (χ0v) is 20.1. The fraction of sp³-hybridized carbons (Fsp3) is 0.524. The minimum absolute atomic E-state index is 0. The maximum absolute atomic E-state index is 12.6. The quantitative estimate of drug-likeness (QED) is 0.415. The molecule has 3 fully saturated rings. The molecular formula is C21H24Cl2LiN5O4S. The van der Waals surface area contributed by atoms with Crippen LogP contribution in [-0.2, 0) is 11.2 Å². The van der Waals surface area contributed by atoms with Gasteiger partial charge in [-0.05, 0) is 26.2 Å². The summed E-state index contributed by atoms with van der Waals surface area (Å²) in [5, 5.41) is 16.7. The Kier molecular flexibility index (Phi) is 7.28. The number of halogens is 2. The van der Waals surface area contributed by atoms with E-state index in [1.807, 2.05) is 4.90 Å². The molecule has 5 rings (SSSR count). The summed E-state index contributed by atoms with van der Waals surface area (Å²) in [6, 6.07) is 0.223. The number of rotatable bonds is 7. The summed E-state index contributed by atoms with van der Waals surface area (Å²) >= 11 is 13.3. The van der Waals surface area contributed by atoms with Crippen LogP contribution in [0.15, 0.2) is 0 Å². The van der Waals surface area contributed by atoms with Crippen LogP contribution in [0.5, 0.6) is 0 Å². The molecule has 2 aromatic heterocycles. The molecule has 34 heavy (non-hydrogen) atoms. The maximum atomic E-state index is 12.6. The Morgan fingerprint density at radius 1 is 1.18 bits per heavy atom. The van der Waals surface area contributed by atoms with Gasteiger partial charge in [0, 0.05) is 42.7 Å². The van der Waals surface area contributed by atoms with Gasteiger partial charge in [0.2, 0.25) is 5.91 Å². The Morgan fingerprint density at radius 3 is 2.38 bits per heavy atom. The number of aromatic carboxylic acids is 1. The van der Waals surface area contributed by atoms with Crippen LogP contribution in [0, 0.1) is 18.8 Å². The Labute approximate surface area is 222 Å². The summed E-state index contributed by atoms with van der Waals surface area (Å²) in [6.45, 7) is 3.07. The van der Waals surface area contributed by atoms with Crippen molar-refractivity contribution in [1.29, 1.82) is 0 Å². The normalized spacial score (nSPS) is 23.0. The van der Waals surface area contributed by atoms with Crippen molar-refractivity contribution in [2.24, 2.45) is 11.8 Å². The van der Waals surface area contributed by atoms with Crippen LogP contribution in [0.2, 0.25) is 10.0 Å². The molecule has 0 aromatic carbocycles. The van der Waals surface area contributed by atoms with Gasteiger partial charge in [-0.1, -0.05) is 34.5 Å². The van der Waals surface area contributed by atoms with Crippen molar-refractivity contribution in [3.05, 3.63) is 32.0 Å². The van der Waals surface area contributed by atoms with Gasteiger partial charge in [0.15, 0.2) is 5.13 Å². The average molecular weight is 520 g/mol. The van der Waals surface area contributed by atoms with Gasteiger partial charge in [-0.2, -0.15) is 0 Å². The average Bonchev–Trinajstić information content (AvgIpc) is 3.11. The van der Waals surface area contributed by atoms with Gasteiger partial charge in [0.05, 0.1) is 22.2 Å². The van der Waals surface area contributed by atoms with Gasteiger partial charge in [-0.25, -0.2) is 9.78 Å². The summed E-state index contributed by atoms with van der Waals surface area (Å²) in [5.74, 6) is -1.05. The number of nitrogens with zero attached hydrogens (tertiary/aromatic N) is 2. The van der Waals surface area contributed by atoms with Crippen molar-refractivity contribution in [2.75, 3.05) is 18.0 Å². The van der Waals surface area contributed by atoms with Crippen LogP contribution < -0.4 is 15.5 Å². The monoisotopic (exact) mass is 519 g/mol. The van der Waals surface area contributed by atoms with Gasteiger partial charge in [-0.3, -0.25) is 9.59 Å². The van der Waals surface area contributed by atoms with Gasteiger partial charge >= 0.3 is 24.8 Å². The van der Waals surface area contributed by atoms with Crippen molar-refractivity contribution in [1.82, 2.24) is 20.6 Å². The molecule has 13 heteroatoms. The molecule has 0 unspecified atom stereocenters. The van der Waals surface area contributed by atoms with Crippen LogP contribution in [0.3, 0.4) is 0 Å². The summed E-state index contributed by atoms with van der Waals surface area (Å²) in [6.07, 6.45) is 3.01. The van der Waals surface area contributed by atoms with Crippen LogP contribution in [-0.4, -0.2) is 76.9 Å². The summed E-state index contributed by atoms with van der Waals surface area (Å²) < 4.78 is 0. The predicted octanol–water partition coefficient (Wildman–Crippen LogP) is 2.21. The van der Waals surface area contributed by atoms with Crippen molar-refractivity contribution in [3.8, 4) is 0 Å². The minimum atomic E-state index is -1.07. The Morgan fingerprint density at radius 2 is 1.85 bits per heavy atom. The molecule has 1 saturated heterocycles. The number of amides is 2. The van der Waals surface area contributed by atoms with E-state index in [4.69, 9.17) is 23.2 Å². The number of carbonyl (C=O) groups is 3. The first-order chi connectivity index (χ1) is 15.7. The summed E-state index contributed by atoms with van der Waals surface area (Å²) in [7, 11) is 0. The number of carboxylic acid groups (broad SMARTS) is 1. The van der Waals surface area contributed by atoms with E-state index in [1.54, 1.807) is 6.92 Å². The first kappa shape index (κ1) is 25.4. The second-order valence-electron chi connectivity index (χ2n) is 8.93. The Bertz CT molecular complexity index is 1140. The Hall–Kier alpha value is -1.70. The first-order valence-electron chi connectivity index (χ1n) is 10.8. The third-order valence-electron chi connectivity index (χ3n) is 6.72. The molecule has 9 nitrogen and oxygen atoms in total. The van der Waals surface area contributed by atoms with E-state index in [0.717, 1.165) is 30.6 Å². The van der Waals surface area contributed by atoms with Crippen LogP contribution >= 0.6 is 34.5 Å². The topological polar surface area (TPSA) is 127 Å². The van der Waals surface area contributed by atoms with E-state index < -0.39 is 5.97 Å². The number of aromatic amines is 1. The van der Waals surface area contributed by atoms with Crippen molar-refractivity contribution >= 4 is 76.3 Å². The van der Waals surface area contributed by atoms with Gasteiger partial charge < -0.3 is 25.6 Å². The van der Waals surface area contributed by atoms with E-state index in [9.17, 15) is 19.5 Å². The molecule has 0 bridgehead atoms. The van der Waals surface area contributed by atoms with Crippen LogP contribution in [0.1, 0.15) is 50.8 Å². The number of anilines is 1. The number of carboxylic acids is 1. The zero-order valence-electron chi connectivity index (χ0n) is 17.8. The number of H-pyrrole nitrogens is 1. The number of carbonyl (C=O) groups excluding carboxylic acids is 2. The van der Waals surface area contributed by atoms with Gasteiger partial charge in [0.25, 0.3) is 5.91 Å². The molecule has 2 saturated carbocycles. The zero-order chi connectivity index (χ0) is 23.4. The standard InChI is InChI=1S/C21H23Cl2N5O4S.Li.H/c1-8-14(22)15(23)17(24-8)19(30)27-16-10-6-28(7-11(10)16)21-26-12(18(33-21)20(31)32)5-13(29)25-9-3-2-4-9;;/h9-11,16,24H,2-7H2,1H3,(H,25,29)(H,27,30)(H,31,32);;/t10-,11+,16+;;. The number of fused-ring (bicyclic) bond motifs is 1. The van der Waals surface area contributed by atoms with Crippen molar-refractivity contribution < 1.29 is 19.5 Å². The third-order valence-corrected chi connectivity index (χ3v) is 8.82. The van der Waals surface area contributed by atoms with Crippen LogP contribution in [0.4, 0.5) is 5.13 Å². The molecule has 3 aliphatic rings. The number of nitrogens with one attached hydrogen (secondary N) is 3. The van der Waals surface area contributed by atoms with Crippen molar-refractivity contribution in [3.63, 3.8) is 0 Å². The van der Waals surface area contributed by atoms with Crippen LogP contribution in [0.25, 0.3) is 0 Å². The molecule has 178 valence electrons. The van der Waals surface area contributed by atoms with E-state index >= 15 is 0 Å². The SMILES string of the molecule is Cc1[nH]c(C(=O)N[C@H]2[C@@H]3CN(c4nc(CC(=O)NC5CCC5)c(C(=O)O)s4)C[C@@H]32)c(Cl)c1Cl.[LiH]. The van der Waals surface area contributed by atoms with E-state index in [0.29, 0.717) is 34.6 Å². The van der Waals surface area contributed by atoms with E-state index in [-0.39, 0.29) is 76.6 Å². The molecule has 3 atom stereocenters. The molecule has 2 aliphatic carbocycles. The van der Waals surface area contributed by atoms with E-state index in [2.05, 4.69) is 20.6 Å². The molecule has 2 aromatic rings. The molecule has 4 N–H and O–H groups in total. The second kappa shape index (κ2) is 9.74. The first-order valence-corrected chi connectivity index (χ1v) is 12.4. The van der Waals surface area contributed by atoms with E-state index in [1.165, 1.54) is 0 Å². The molecule has 1 aliphatic heterocycles. The second-order valence-corrected chi connectivity index (χ2v) is 10.7. The summed E-state index contributed by atoms with van der Waals surface area (Å²) in [5.41, 5.74) is 1.21. The number of piperidine rings is 1. The Balaban J connectivity index is 0.00000274. The van der Waals surface area contributed by atoms with Gasteiger partial charge in [0.1, 0.15) is 10.6 Å². The fourth-order valence-corrected chi connectivity index (χ4v) is 5.95. The molecule has 0 spiro atoms. The molecule has 0 radical (unpaired) electrons. The van der Waals surface area contributed by atoms with Crippen molar-refractivity contribution in [2.45, 2.75) is 44.7 Å².